The van der Waals surface area contributed by atoms with Gasteiger partial charge in [-0.3, -0.25) is 14.9 Å². The largest absolute Gasteiger partial charge is 0.326 e. The maximum atomic E-state index is 13.2. The minimum Gasteiger partial charge on any atom is -0.326 e. The molecule has 2 fully saturated rings. The summed E-state index contributed by atoms with van der Waals surface area (Å²) < 4.78 is 38.4. The van der Waals surface area contributed by atoms with E-state index in [4.69, 9.17) is 0 Å². The van der Waals surface area contributed by atoms with Crippen LogP contribution in [0.1, 0.15) is 12.8 Å². The molecule has 10 heteroatoms. The number of halogens is 1. The summed E-state index contributed by atoms with van der Waals surface area (Å²) in [6.45, 7) is 0.210. The molecular weight excluding hydrogens is 329 g/mol. The van der Waals surface area contributed by atoms with Gasteiger partial charge < -0.3 is 5.32 Å². The fraction of sp³-hybridized carbons (Fsp3) is 0.462. The molecule has 1 N–H and O–H groups in total. The lowest BCUT2D eigenvalue weighted by atomic mass is 10.0. The number of sulfonamides is 1. The Morgan fingerprint density at radius 2 is 2.00 bits per heavy atom. The Balaban J connectivity index is 1.61. The molecule has 124 valence electrons. The third-order valence-electron chi connectivity index (χ3n) is 3.93. The van der Waals surface area contributed by atoms with E-state index < -0.39 is 38.3 Å². The lowest BCUT2D eigenvalue weighted by Gasteiger charge is -2.37. The molecule has 1 amide bonds. The van der Waals surface area contributed by atoms with Crippen molar-refractivity contribution in [1.82, 2.24) is 4.31 Å². The quantitative estimate of drug-likeness (QED) is 0.636. The normalized spacial score (nSPS) is 19.2. The van der Waals surface area contributed by atoms with Crippen LogP contribution in [0.2, 0.25) is 0 Å². The zero-order valence-corrected chi connectivity index (χ0v) is 12.8. The molecular formula is C13H14FN3O5S. The highest BCUT2D eigenvalue weighted by molar-refractivity contribution is 7.90. The van der Waals surface area contributed by atoms with Crippen LogP contribution < -0.4 is 5.32 Å². The van der Waals surface area contributed by atoms with Gasteiger partial charge in [-0.1, -0.05) is 0 Å². The first-order chi connectivity index (χ1) is 10.8. The van der Waals surface area contributed by atoms with Crippen LogP contribution in [0.5, 0.6) is 0 Å². The van der Waals surface area contributed by atoms with Gasteiger partial charge in [0.2, 0.25) is 21.7 Å². The Kier molecular flexibility index (Phi) is 3.80. The number of nitro groups is 1. The number of rotatable bonds is 5. The maximum absolute atomic E-state index is 13.2. The highest BCUT2D eigenvalue weighted by Crippen LogP contribution is 2.34. The zero-order chi connectivity index (χ0) is 16.8. The molecule has 0 aromatic heterocycles. The van der Waals surface area contributed by atoms with Gasteiger partial charge in [-0.15, -0.1) is 0 Å². The van der Waals surface area contributed by atoms with Crippen LogP contribution in [0.25, 0.3) is 0 Å². The lowest BCUT2D eigenvalue weighted by molar-refractivity contribution is -0.387. The highest BCUT2D eigenvalue weighted by Gasteiger charge is 2.46. The molecule has 2 aliphatic rings. The van der Waals surface area contributed by atoms with Crippen molar-refractivity contribution in [3.05, 3.63) is 34.1 Å². The van der Waals surface area contributed by atoms with Gasteiger partial charge in [-0.25, -0.2) is 8.42 Å². The van der Waals surface area contributed by atoms with Gasteiger partial charge in [0.05, 0.1) is 16.1 Å². The van der Waals surface area contributed by atoms with Gasteiger partial charge in [0.15, 0.2) is 0 Å². The molecule has 23 heavy (non-hydrogen) atoms. The first-order valence-electron chi connectivity index (χ1n) is 7.03. The number of benzene rings is 1. The number of hydrogen-bond donors (Lipinski definition) is 1. The first-order valence-corrected chi connectivity index (χ1v) is 8.53. The van der Waals surface area contributed by atoms with E-state index in [1.165, 1.54) is 10.4 Å². The number of amides is 1. The van der Waals surface area contributed by atoms with Gasteiger partial charge in [0.25, 0.3) is 0 Å². The predicted molar refractivity (Wildman–Crippen MR) is 78.7 cm³/mol. The third-order valence-corrected chi connectivity index (χ3v) is 6.27. The number of carbonyl (C=O) groups excluding carboxylic acids is 1. The van der Waals surface area contributed by atoms with Crippen molar-refractivity contribution in [3.63, 3.8) is 0 Å². The number of nitrogens with one attached hydrogen (secondary N) is 1. The minimum atomic E-state index is -3.28. The number of nitrogens with zero attached hydrogens (tertiary/aromatic N) is 2. The fourth-order valence-corrected chi connectivity index (χ4v) is 4.29. The second-order valence-electron chi connectivity index (χ2n) is 5.67. The Bertz CT molecular complexity index is 772. The van der Waals surface area contributed by atoms with Gasteiger partial charge in [-0.05, 0) is 25.0 Å². The third kappa shape index (κ3) is 3.04. The minimum absolute atomic E-state index is 0.103. The standard InChI is InChI=1S/C13H14FN3O5S/c14-11-4-1-9(5-12(11)17(19)20)15-13(18)8-6-16(7-8)23(21,22)10-2-3-10/h1,4-5,8,10H,2-3,6-7H2,(H,15,18). The summed E-state index contributed by atoms with van der Waals surface area (Å²) in [6, 6.07) is 3.06. The van der Waals surface area contributed by atoms with Crippen molar-refractivity contribution in [2.45, 2.75) is 18.1 Å². The van der Waals surface area contributed by atoms with Crippen LogP contribution in [-0.2, 0) is 14.8 Å². The molecule has 1 aromatic carbocycles. The molecule has 1 heterocycles. The second-order valence-corrected chi connectivity index (χ2v) is 7.88. The average Bonchev–Trinajstić information content (AvgIpc) is 3.23. The summed E-state index contributed by atoms with van der Waals surface area (Å²) in [4.78, 5) is 21.8. The molecule has 1 saturated carbocycles. The summed E-state index contributed by atoms with van der Waals surface area (Å²) in [5.41, 5.74) is -0.624. The first kappa shape index (κ1) is 15.8. The molecule has 8 nitrogen and oxygen atoms in total. The van der Waals surface area contributed by atoms with E-state index in [-0.39, 0.29) is 24.0 Å². The van der Waals surface area contributed by atoms with Crippen LogP contribution in [-0.4, -0.2) is 41.9 Å². The Labute approximate surface area is 131 Å². The van der Waals surface area contributed by atoms with Crippen molar-refractivity contribution in [3.8, 4) is 0 Å². The van der Waals surface area contributed by atoms with E-state index in [0.717, 1.165) is 12.1 Å². The lowest BCUT2D eigenvalue weighted by Crippen LogP contribution is -2.55. The van der Waals surface area contributed by atoms with E-state index >= 15 is 0 Å². The fourth-order valence-electron chi connectivity index (χ4n) is 2.36. The van der Waals surface area contributed by atoms with Gasteiger partial charge in [-0.2, -0.15) is 8.70 Å². The van der Waals surface area contributed by atoms with E-state index in [0.29, 0.717) is 12.8 Å². The van der Waals surface area contributed by atoms with Crippen molar-refractivity contribution in [2.75, 3.05) is 18.4 Å². The molecule has 1 aliphatic carbocycles. The topological polar surface area (TPSA) is 110 Å². The van der Waals surface area contributed by atoms with Crippen LogP contribution in [0.3, 0.4) is 0 Å². The van der Waals surface area contributed by atoms with Crippen LogP contribution in [0, 0.1) is 21.8 Å². The molecule has 1 aliphatic heterocycles. The Morgan fingerprint density at radius 3 is 2.57 bits per heavy atom. The Morgan fingerprint density at radius 1 is 1.35 bits per heavy atom. The molecule has 0 spiro atoms. The number of nitro benzene ring substituents is 1. The SMILES string of the molecule is O=C(Nc1ccc(F)c([N+](=O)[O-])c1)C1CN(S(=O)(=O)C2CC2)C1. The van der Waals surface area contributed by atoms with E-state index in [2.05, 4.69) is 5.32 Å². The van der Waals surface area contributed by atoms with Crippen molar-refractivity contribution in [1.29, 1.82) is 0 Å². The number of carbonyl (C=O) groups is 1. The average molecular weight is 343 g/mol. The summed E-state index contributed by atoms with van der Waals surface area (Å²) >= 11 is 0. The monoisotopic (exact) mass is 343 g/mol. The Hall–Kier alpha value is -2.07. The van der Waals surface area contributed by atoms with Crippen LogP contribution >= 0.6 is 0 Å². The summed E-state index contributed by atoms with van der Waals surface area (Å²) in [5.74, 6) is -1.93. The second kappa shape index (κ2) is 5.53. The molecule has 0 bridgehead atoms. The van der Waals surface area contributed by atoms with Gasteiger partial charge in [0.1, 0.15) is 0 Å². The molecule has 0 unspecified atom stereocenters. The molecule has 0 atom stereocenters. The molecule has 0 radical (unpaired) electrons. The number of hydrogen-bond acceptors (Lipinski definition) is 5. The van der Waals surface area contributed by atoms with Crippen molar-refractivity contribution in [2.24, 2.45) is 5.92 Å². The number of anilines is 1. The van der Waals surface area contributed by atoms with Crippen LogP contribution in [0.15, 0.2) is 18.2 Å². The predicted octanol–water partition coefficient (Wildman–Crippen LogP) is 1.10. The zero-order valence-electron chi connectivity index (χ0n) is 11.9. The van der Waals surface area contributed by atoms with Gasteiger partial charge >= 0.3 is 5.69 Å². The molecule has 3 rings (SSSR count). The molecule has 1 saturated heterocycles. The summed E-state index contributed by atoms with van der Waals surface area (Å²) in [5, 5.41) is 12.8. The van der Waals surface area contributed by atoms with E-state index in [9.17, 15) is 27.7 Å². The molecule has 1 aromatic rings. The summed E-state index contributed by atoms with van der Waals surface area (Å²) in [6.07, 6.45) is 1.32. The smallest absolute Gasteiger partial charge is 0.306 e. The van der Waals surface area contributed by atoms with Crippen molar-refractivity contribution >= 4 is 27.3 Å². The van der Waals surface area contributed by atoms with Gasteiger partial charge in [0, 0.05) is 24.8 Å². The summed E-state index contributed by atoms with van der Waals surface area (Å²) in [7, 11) is -3.28. The maximum Gasteiger partial charge on any atom is 0.306 e. The van der Waals surface area contributed by atoms with E-state index in [1.807, 2.05) is 0 Å². The highest BCUT2D eigenvalue weighted by atomic mass is 32.2. The van der Waals surface area contributed by atoms with Crippen LogP contribution in [0.4, 0.5) is 15.8 Å². The van der Waals surface area contributed by atoms with Crippen molar-refractivity contribution < 1.29 is 22.5 Å². The van der Waals surface area contributed by atoms with E-state index in [1.54, 1.807) is 0 Å².